The summed E-state index contributed by atoms with van der Waals surface area (Å²) in [6, 6.07) is 3.58. The molecule has 0 aromatic rings. The maximum Gasteiger partial charge on any atom is 0.0868 e. The summed E-state index contributed by atoms with van der Waals surface area (Å²) in [6.45, 7) is 2.90. The molecule has 78 valence electrons. The lowest BCUT2D eigenvalue weighted by Gasteiger charge is -2.37. The minimum absolute atomic E-state index is 0.614. The Labute approximate surface area is 86.1 Å². The number of nitriles is 1. The van der Waals surface area contributed by atoms with E-state index in [1.54, 1.807) is 0 Å². The van der Waals surface area contributed by atoms with E-state index >= 15 is 0 Å². The van der Waals surface area contributed by atoms with Gasteiger partial charge >= 0.3 is 0 Å². The fraction of sp³-hybridized carbons (Fsp3) is 0.909. The van der Waals surface area contributed by atoms with Crippen molar-refractivity contribution >= 4 is 0 Å². The van der Waals surface area contributed by atoms with E-state index < -0.39 is 0 Å². The van der Waals surface area contributed by atoms with E-state index in [2.05, 4.69) is 16.3 Å². The predicted molar refractivity (Wildman–Crippen MR) is 55.8 cm³/mol. The van der Waals surface area contributed by atoms with Crippen LogP contribution in [0.5, 0.6) is 0 Å². The summed E-state index contributed by atoms with van der Waals surface area (Å²) in [7, 11) is 0. The summed E-state index contributed by atoms with van der Waals surface area (Å²) in [5.74, 6) is 0. The summed E-state index contributed by atoms with van der Waals surface area (Å²) in [4.78, 5) is 2.37. The third kappa shape index (κ3) is 2.08. The van der Waals surface area contributed by atoms with Gasteiger partial charge in [-0.15, -0.1) is 0 Å². The maximum absolute atomic E-state index is 8.77. The van der Waals surface area contributed by atoms with Gasteiger partial charge in [0.2, 0.25) is 0 Å². The zero-order valence-electron chi connectivity index (χ0n) is 8.71. The van der Waals surface area contributed by atoms with E-state index in [1.807, 2.05) is 0 Å². The highest BCUT2D eigenvalue weighted by Gasteiger charge is 2.30. The summed E-state index contributed by atoms with van der Waals surface area (Å²) < 4.78 is 0. The van der Waals surface area contributed by atoms with Gasteiger partial charge < -0.3 is 5.32 Å². The van der Waals surface area contributed by atoms with Crippen molar-refractivity contribution in [2.75, 3.05) is 19.6 Å². The fourth-order valence-electron chi connectivity index (χ4n) is 2.80. The van der Waals surface area contributed by atoms with Crippen LogP contribution < -0.4 is 5.32 Å². The second-order valence-corrected chi connectivity index (χ2v) is 4.39. The molecule has 0 amide bonds. The molecule has 2 rings (SSSR count). The monoisotopic (exact) mass is 193 g/mol. The smallest absolute Gasteiger partial charge is 0.0868 e. The summed E-state index contributed by atoms with van der Waals surface area (Å²) in [5, 5.41) is 12.3. The molecule has 0 bridgehead atoms. The van der Waals surface area contributed by atoms with Gasteiger partial charge in [0, 0.05) is 12.1 Å². The summed E-state index contributed by atoms with van der Waals surface area (Å²) in [5.41, 5.74) is 0. The molecule has 0 saturated carbocycles. The van der Waals surface area contributed by atoms with Crippen molar-refractivity contribution in [3.63, 3.8) is 0 Å². The Morgan fingerprint density at radius 1 is 1.29 bits per heavy atom. The number of nitrogens with zero attached hydrogens (tertiary/aromatic N) is 2. The van der Waals surface area contributed by atoms with Gasteiger partial charge in [-0.3, -0.25) is 4.90 Å². The first-order valence-corrected chi connectivity index (χ1v) is 5.76. The Bertz CT molecular complexity index is 215. The highest BCUT2D eigenvalue weighted by molar-refractivity contribution is 4.93. The molecule has 2 fully saturated rings. The topological polar surface area (TPSA) is 39.1 Å². The first kappa shape index (κ1) is 9.95. The highest BCUT2D eigenvalue weighted by Crippen LogP contribution is 2.23. The zero-order chi connectivity index (χ0) is 9.80. The van der Waals surface area contributed by atoms with Crippen LogP contribution in [-0.4, -0.2) is 36.6 Å². The summed E-state index contributed by atoms with van der Waals surface area (Å²) >= 11 is 0. The van der Waals surface area contributed by atoms with Gasteiger partial charge in [-0.05, 0) is 38.8 Å². The first-order valence-electron chi connectivity index (χ1n) is 5.76. The Morgan fingerprint density at radius 3 is 2.93 bits per heavy atom. The van der Waals surface area contributed by atoms with Gasteiger partial charge in [-0.25, -0.2) is 0 Å². The molecule has 3 nitrogen and oxygen atoms in total. The van der Waals surface area contributed by atoms with Crippen molar-refractivity contribution < 1.29 is 0 Å². The molecule has 0 aromatic carbocycles. The average molecular weight is 193 g/mol. The zero-order valence-corrected chi connectivity index (χ0v) is 8.71. The van der Waals surface area contributed by atoms with Crippen LogP contribution in [0.3, 0.4) is 0 Å². The number of likely N-dealkylation sites (tertiary alicyclic amines) is 1. The SMILES string of the molecule is N#CCN1CCCCC1C1CCCN1. The minimum atomic E-state index is 0.614. The van der Waals surface area contributed by atoms with Gasteiger partial charge in [-0.1, -0.05) is 6.42 Å². The quantitative estimate of drug-likeness (QED) is 0.668. The predicted octanol–water partition coefficient (Wildman–Crippen LogP) is 1.12. The van der Waals surface area contributed by atoms with Crippen molar-refractivity contribution in [3.8, 4) is 6.07 Å². The normalized spacial score (nSPS) is 34.2. The molecule has 2 aliphatic heterocycles. The minimum Gasteiger partial charge on any atom is -0.312 e. The number of nitrogens with one attached hydrogen (secondary N) is 1. The molecular formula is C11H19N3. The van der Waals surface area contributed by atoms with Crippen LogP contribution in [0.25, 0.3) is 0 Å². The molecule has 1 N–H and O–H groups in total. The molecule has 2 atom stereocenters. The Morgan fingerprint density at radius 2 is 2.21 bits per heavy atom. The summed E-state index contributed by atoms with van der Waals surface area (Å²) in [6.07, 6.45) is 6.49. The third-order valence-corrected chi connectivity index (χ3v) is 3.50. The van der Waals surface area contributed by atoms with Crippen LogP contribution in [0.2, 0.25) is 0 Å². The lowest BCUT2D eigenvalue weighted by atomic mass is 9.94. The number of rotatable bonds is 2. The number of hydrogen-bond donors (Lipinski definition) is 1. The van der Waals surface area contributed by atoms with Crippen LogP contribution in [0, 0.1) is 11.3 Å². The van der Waals surface area contributed by atoms with Crippen LogP contribution in [0.1, 0.15) is 32.1 Å². The van der Waals surface area contributed by atoms with Crippen molar-refractivity contribution in [1.29, 1.82) is 5.26 Å². The van der Waals surface area contributed by atoms with E-state index in [-0.39, 0.29) is 0 Å². The van der Waals surface area contributed by atoms with E-state index in [1.165, 1.54) is 38.6 Å². The number of hydrogen-bond acceptors (Lipinski definition) is 3. The Hall–Kier alpha value is -0.590. The third-order valence-electron chi connectivity index (χ3n) is 3.50. The largest absolute Gasteiger partial charge is 0.312 e. The molecule has 0 aromatic heterocycles. The number of piperidine rings is 1. The second-order valence-electron chi connectivity index (χ2n) is 4.39. The van der Waals surface area contributed by atoms with Crippen molar-refractivity contribution in [2.45, 2.75) is 44.2 Å². The average Bonchev–Trinajstić information content (AvgIpc) is 2.72. The molecule has 2 aliphatic rings. The Kier molecular flexibility index (Phi) is 3.39. The van der Waals surface area contributed by atoms with E-state index in [0.29, 0.717) is 18.6 Å². The van der Waals surface area contributed by atoms with Crippen molar-refractivity contribution in [1.82, 2.24) is 10.2 Å². The Balaban J connectivity index is 1.95. The van der Waals surface area contributed by atoms with E-state index in [0.717, 1.165) is 6.54 Å². The van der Waals surface area contributed by atoms with Crippen molar-refractivity contribution in [2.24, 2.45) is 0 Å². The molecule has 0 radical (unpaired) electrons. The molecule has 0 aliphatic carbocycles. The molecule has 14 heavy (non-hydrogen) atoms. The highest BCUT2D eigenvalue weighted by atomic mass is 15.2. The molecule has 2 unspecified atom stereocenters. The van der Waals surface area contributed by atoms with E-state index in [4.69, 9.17) is 5.26 Å². The van der Waals surface area contributed by atoms with Crippen LogP contribution >= 0.6 is 0 Å². The van der Waals surface area contributed by atoms with E-state index in [9.17, 15) is 0 Å². The second kappa shape index (κ2) is 4.77. The first-order chi connectivity index (χ1) is 6.92. The van der Waals surface area contributed by atoms with Crippen LogP contribution in [-0.2, 0) is 0 Å². The molecule has 2 heterocycles. The van der Waals surface area contributed by atoms with Gasteiger partial charge in [0.1, 0.15) is 0 Å². The maximum atomic E-state index is 8.77. The molecule has 2 saturated heterocycles. The molecular weight excluding hydrogens is 174 g/mol. The van der Waals surface area contributed by atoms with Crippen LogP contribution in [0.15, 0.2) is 0 Å². The lowest BCUT2D eigenvalue weighted by molar-refractivity contribution is 0.136. The fourth-order valence-corrected chi connectivity index (χ4v) is 2.80. The lowest BCUT2D eigenvalue weighted by Crippen LogP contribution is -2.50. The van der Waals surface area contributed by atoms with Gasteiger partial charge in [0.05, 0.1) is 12.6 Å². The molecule has 0 spiro atoms. The van der Waals surface area contributed by atoms with Gasteiger partial charge in [-0.2, -0.15) is 5.26 Å². The van der Waals surface area contributed by atoms with Crippen molar-refractivity contribution in [3.05, 3.63) is 0 Å². The molecule has 3 heteroatoms. The van der Waals surface area contributed by atoms with Crippen LogP contribution in [0.4, 0.5) is 0 Å². The standard InChI is InChI=1S/C11H19N3/c12-6-9-14-8-2-1-5-11(14)10-4-3-7-13-10/h10-11,13H,1-5,7-9H2. The van der Waals surface area contributed by atoms with Gasteiger partial charge in [0.25, 0.3) is 0 Å². The van der Waals surface area contributed by atoms with Gasteiger partial charge in [0.15, 0.2) is 0 Å².